The molecule has 14 heteroatoms. The molecule has 0 spiro atoms. The van der Waals surface area contributed by atoms with Crippen LogP contribution in [0.5, 0.6) is 5.75 Å². The van der Waals surface area contributed by atoms with Gasteiger partial charge in [-0.05, 0) is 103 Å². The van der Waals surface area contributed by atoms with E-state index in [1.54, 1.807) is 30.0 Å². The molecule has 3 N–H and O–H groups in total. The molecule has 7 aromatic rings. The van der Waals surface area contributed by atoms with Crippen LogP contribution in [-0.2, 0) is 21.3 Å². The molecule has 2 heterocycles. The van der Waals surface area contributed by atoms with Gasteiger partial charge in [-0.1, -0.05) is 110 Å². The summed E-state index contributed by atoms with van der Waals surface area (Å²) in [7, 11) is -4.30. The van der Waals surface area contributed by atoms with E-state index < -0.39 is 27.7 Å². The number of unbranched alkanes of at least 4 members (excludes halogenated alkanes) is 1. The lowest BCUT2D eigenvalue weighted by Gasteiger charge is -2.20. The highest BCUT2D eigenvalue weighted by Crippen LogP contribution is 2.48. The van der Waals surface area contributed by atoms with Crippen LogP contribution in [0.1, 0.15) is 65.4 Å². The van der Waals surface area contributed by atoms with Gasteiger partial charge in [-0.15, -0.1) is 11.8 Å². The third-order valence-corrected chi connectivity index (χ3v) is 14.1. The highest BCUT2D eigenvalue weighted by Gasteiger charge is 2.27. The van der Waals surface area contributed by atoms with Gasteiger partial charge in [-0.25, -0.2) is 8.42 Å². The molecule has 0 bridgehead atoms. The van der Waals surface area contributed by atoms with E-state index in [4.69, 9.17) is 21.1 Å². The number of nitrogens with one attached hydrogen (secondary N) is 1. The molecular formula is C51H48ClN2O8S3-. The fraction of sp³-hybridized carbons (Fsp3) is 0.216. The molecule has 0 aliphatic carbocycles. The second-order valence-electron chi connectivity index (χ2n) is 15.7. The van der Waals surface area contributed by atoms with Crippen molar-refractivity contribution in [3.8, 4) is 16.9 Å². The van der Waals surface area contributed by atoms with Gasteiger partial charge in [0.25, 0.3) is 5.91 Å². The molecule has 8 rings (SSSR count). The first-order chi connectivity index (χ1) is 31.2. The molecule has 1 aromatic heterocycles. The molecule has 1 aliphatic rings. The summed E-state index contributed by atoms with van der Waals surface area (Å²) in [5.74, 6) is -0.703. The van der Waals surface area contributed by atoms with E-state index in [2.05, 4.69) is 35.3 Å². The third kappa shape index (κ3) is 11.8. The maximum absolute atomic E-state index is 12.9. The van der Waals surface area contributed by atoms with Gasteiger partial charge in [-0.2, -0.15) is 0 Å². The highest BCUT2D eigenvalue weighted by molar-refractivity contribution is 8.04. The number of fused-ring (bicyclic) bond motifs is 3. The summed E-state index contributed by atoms with van der Waals surface area (Å²) in [6.07, 6.45) is 4.80. The number of carboxylic acids is 1. The Bertz CT molecular complexity index is 3020. The van der Waals surface area contributed by atoms with Crippen molar-refractivity contribution in [2.75, 3.05) is 28.3 Å². The SMILES string of the molecule is CCCCN1C(=Cc2oc3ccc(-c4ccccc4)cc3c2CCCS(=O)(=O)[O-])Sc2ccc(Cl)cc21.Cc1ccc(C)c(NC(=O)c2cc(SCCC(=O)O)c3ccccc3c2O)c1. The van der Waals surface area contributed by atoms with Crippen LogP contribution in [0.4, 0.5) is 11.4 Å². The van der Waals surface area contributed by atoms with Gasteiger partial charge in [0.05, 0.1) is 32.8 Å². The third-order valence-electron chi connectivity index (χ3n) is 10.9. The number of aliphatic carboxylic acids is 1. The minimum atomic E-state index is -4.30. The van der Waals surface area contributed by atoms with Crippen LogP contribution in [0.15, 0.2) is 134 Å². The van der Waals surface area contributed by atoms with E-state index in [1.165, 1.54) is 11.8 Å². The molecule has 65 heavy (non-hydrogen) atoms. The van der Waals surface area contributed by atoms with E-state index in [1.807, 2.05) is 98.8 Å². The van der Waals surface area contributed by atoms with E-state index in [9.17, 15) is 27.7 Å². The molecule has 0 atom stereocenters. The average Bonchev–Trinajstić information content (AvgIpc) is 3.80. The van der Waals surface area contributed by atoms with Gasteiger partial charge in [-0.3, -0.25) is 9.59 Å². The smallest absolute Gasteiger partial charge is 0.304 e. The lowest BCUT2D eigenvalue weighted by Crippen LogP contribution is -2.18. The van der Waals surface area contributed by atoms with Crippen LogP contribution in [0, 0.1) is 13.8 Å². The number of amides is 1. The largest absolute Gasteiger partial charge is 0.748 e. The number of aryl methyl sites for hydroxylation is 3. The monoisotopic (exact) mass is 947 g/mol. The maximum atomic E-state index is 12.9. The summed E-state index contributed by atoms with van der Waals surface area (Å²) >= 11 is 9.35. The first-order valence-corrected chi connectivity index (χ1v) is 24.9. The number of anilines is 2. The number of hydrogen-bond acceptors (Lipinski definition) is 10. The number of aromatic hydroxyl groups is 1. The Morgan fingerprint density at radius 3 is 2.38 bits per heavy atom. The normalized spacial score (nSPS) is 12.9. The van der Waals surface area contributed by atoms with Crippen LogP contribution < -0.4 is 10.2 Å². The minimum Gasteiger partial charge on any atom is -0.748 e. The fourth-order valence-corrected chi connectivity index (χ4v) is 10.3. The van der Waals surface area contributed by atoms with Crippen molar-refractivity contribution in [2.24, 2.45) is 0 Å². The predicted octanol–water partition coefficient (Wildman–Crippen LogP) is 12.9. The number of carbonyl (C=O) groups is 2. The fourth-order valence-electron chi connectivity index (χ4n) is 7.55. The Balaban J connectivity index is 0.000000202. The van der Waals surface area contributed by atoms with E-state index in [0.717, 1.165) is 84.1 Å². The Labute approximate surface area is 392 Å². The molecule has 1 amide bonds. The zero-order valence-corrected chi connectivity index (χ0v) is 39.3. The minimum absolute atomic E-state index is 0.0177. The summed E-state index contributed by atoms with van der Waals surface area (Å²) < 4.78 is 40.3. The summed E-state index contributed by atoms with van der Waals surface area (Å²) in [4.78, 5) is 27.9. The predicted molar refractivity (Wildman–Crippen MR) is 265 cm³/mol. The number of benzene rings is 6. The number of halogens is 1. The molecule has 336 valence electrons. The number of phenolic OH excluding ortho intramolecular Hbond substituents is 1. The number of hydrogen-bond donors (Lipinski definition) is 3. The second-order valence-corrected chi connectivity index (χ2v) is 19.8. The van der Waals surface area contributed by atoms with Gasteiger partial charge in [0.15, 0.2) is 0 Å². The van der Waals surface area contributed by atoms with Crippen LogP contribution >= 0.6 is 35.1 Å². The highest BCUT2D eigenvalue weighted by atomic mass is 35.5. The molecule has 0 saturated carbocycles. The van der Waals surface area contributed by atoms with Crippen molar-refractivity contribution in [2.45, 2.75) is 62.7 Å². The van der Waals surface area contributed by atoms with E-state index in [-0.39, 0.29) is 24.2 Å². The number of thioether (sulfide) groups is 2. The lowest BCUT2D eigenvalue weighted by molar-refractivity contribution is -0.136. The van der Waals surface area contributed by atoms with Crippen molar-refractivity contribution >= 4 is 96.3 Å². The second kappa shape index (κ2) is 21.1. The van der Waals surface area contributed by atoms with Crippen molar-refractivity contribution in [1.29, 1.82) is 0 Å². The zero-order valence-electron chi connectivity index (χ0n) is 36.1. The Kier molecular flexibility index (Phi) is 15.3. The first-order valence-electron chi connectivity index (χ1n) is 21.2. The molecule has 1 aliphatic heterocycles. The van der Waals surface area contributed by atoms with Crippen molar-refractivity contribution in [3.05, 3.63) is 153 Å². The topological polar surface area (TPSA) is 160 Å². The Hall–Kier alpha value is -5.70. The van der Waals surface area contributed by atoms with Gasteiger partial charge in [0, 0.05) is 61.0 Å². The van der Waals surface area contributed by atoms with Crippen molar-refractivity contribution < 1.29 is 37.2 Å². The summed E-state index contributed by atoms with van der Waals surface area (Å²) in [5, 5.41) is 26.5. The summed E-state index contributed by atoms with van der Waals surface area (Å²) in [6.45, 7) is 6.87. The quantitative estimate of drug-likeness (QED) is 0.0663. The van der Waals surface area contributed by atoms with Gasteiger partial charge in [0.2, 0.25) is 0 Å². The van der Waals surface area contributed by atoms with Gasteiger partial charge in [0.1, 0.15) is 17.1 Å². The van der Waals surface area contributed by atoms with Crippen LogP contribution in [0.25, 0.3) is 38.9 Å². The number of carboxylic acid groups (broad SMARTS) is 1. The number of carbonyl (C=O) groups excluding carboxylic acids is 1. The molecule has 0 radical (unpaired) electrons. The summed E-state index contributed by atoms with van der Waals surface area (Å²) in [5.41, 5.74) is 7.66. The molecule has 6 aromatic carbocycles. The number of rotatable bonds is 15. The lowest BCUT2D eigenvalue weighted by atomic mass is 10.00. The van der Waals surface area contributed by atoms with Crippen molar-refractivity contribution in [3.63, 3.8) is 0 Å². The molecule has 0 fully saturated rings. The molecule has 0 saturated heterocycles. The Morgan fingerprint density at radius 2 is 1.65 bits per heavy atom. The van der Waals surface area contributed by atoms with E-state index >= 15 is 0 Å². The number of phenols is 1. The summed E-state index contributed by atoms with van der Waals surface area (Å²) in [6, 6.07) is 36.7. The van der Waals surface area contributed by atoms with E-state index in [0.29, 0.717) is 34.0 Å². The average molecular weight is 949 g/mol. The first kappa shape index (κ1) is 47.3. The Morgan fingerprint density at radius 1 is 0.892 bits per heavy atom. The standard InChI is InChI=1S/C29H28ClNO4S2.C22H21NO4S/c1-2-3-15-31-25-18-22(30)12-14-28(25)36-29(31)19-27-23(10-7-16-37(32,33)34)24-17-21(11-13-26(24)35-27)20-8-5-4-6-9-20;1-13-7-8-14(2)18(11-13)23-22(27)17-12-19(28-10-9-20(24)25)15-5-3-4-6-16(15)21(17)26/h4-6,8-9,11-14,17-19H,2-3,7,10,15-16H2,1H3,(H,32,33,34);3-8,11-12,26H,9-10H2,1-2H3,(H,23,27)(H,24,25)/p-1. The number of nitrogens with zero attached hydrogens (tertiary/aromatic N) is 1. The molecule has 10 nitrogen and oxygen atoms in total. The van der Waals surface area contributed by atoms with Crippen LogP contribution in [0.3, 0.4) is 0 Å². The van der Waals surface area contributed by atoms with Crippen LogP contribution in [0.2, 0.25) is 5.02 Å². The zero-order chi connectivity index (χ0) is 46.3. The van der Waals surface area contributed by atoms with Crippen molar-refractivity contribution in [1.82, 2.24) is 0 Å². The maximum Gasteiger partial charge on any atom is 0.304 e. The molecule has 0 unspecified atom stereocenters. The van der Waals surface area contributed by atoms with Crippen LogP contribution in [-0.4, -0.2) is 53.1 Å². The molecular weight excluding hydrogens is 900 g/mol. The number of furan rings is 1. The van der Waals surface area contributed by atoms with Gasteiger partial charge >= 0.3 is 5.97 Å². The van der Waals surface area contributed by atoms with Gasteiger partial charge < -0.3 is 29.4 Å².